The Bertz CT molecular complexity index is 3420. The number of fused-ring (bicyclic) bond motifs is 7. The Balaban J connectivity index is 1.22. The van der Waals surface area contributed by atoms with Crippen molar-refractivity contribution in [2.45, 2.75) is 71.6 Å². The van der Waals surface area contributed by atoms with Gasteiger partial charge in [-0.2, -0.15) is 0 Å². The van der Waals surface area contributed by atoms with Crippen LogP contribution in [0.3, 0.4) is 0 Å². The largest absolute Gasteiger partial charge is 0.456 e. The van der Waals surface area contributed by atoms with Crippen LogP contribution in [0.25, 0.3) is 48.5 Å². The lowest BCUT2D eigenvalue weighted by Crippen LogP contribution is -2.74. The summed E-state index contributed by atoms with van der Waals surface area (Å²) in [6, 6.07) is 68.3. The quantitative estimate of drug-likeness (QED) is 0.123. The summed E-state index contributed by atoms with van der Waals surface area (Å²) in [5, 5.41) is 5.36. The van der Waals surface area contributed by atoms with Crippen LogP contribution in [0.4, 0.5) is 0 Å². The fourth-order valence-corrected chi connectivity index (χ4v) is 16.7. The minimum atomic E-state index is -3.09. The lowest BCUT2D eigenvalue weighted by atomic mass is 9.74. The van der Waals surface area contributed by atoms with Gasteiger partial charge in [0.15, 0.2) is 13.0 Å². The number of hydrogen-bond acceptors (Lipinski definition) is 3. The molecule has 11 rings (SSSR count). The Kier molecular flexibility index (Phi) is 9.52. The smallest absolute Gasteiger partial charge is 0.195 e. The molecule has 1 aliphatic rings. The molecule has 0 radical (unpaired) electrons. The molecule has 0 amide bonds. The van der Waals surface area contributed by atoms with E-state index in [1.807, 2.05) is 0 Å². The number of para-hydroxylation sites is 4. The third-order valence-electron chi connectivity index (χ3n) is 13.9. The Morgan fingerprint density at radius 1 is 0.492 bits per heavy atom. The van der Waals surface area contributed by atoms with E-state index in [1.165, 1.54) is 69.9 Å². The van der Waals surface area contributed by atoms with E-state index in [2.05, 4.69) is 242 Å². The summed E-state index contributed by atoms with van der Waals surface area (Å²) in [7, 11) is -3.09. The molecule has 10 aromatic rings. The average Bonchev–Trinajstić information content (AvgIpc) is 3.86. The zero-order chi connectivity index (χ0) is 44.9. The fourth-order valence-electron chi connectivity index (χ4n) is 10.8. The number of hydrogen-bond donors (Lipinski definition) is 0. The van der Waals surface area contributed by atoms with Gasteiger partial charge in [-0.15, -0.1) is 0 Å². The van der Waals surface area contributed by atoms with E-state index in [0.717, 1.165) is 33.1 Å². The summed E-state index contributed by atoms with van der Waals surface area (Å²) in [4.78, 5) is 6.14. The van der Waals surface area contributed by atoms with E-state index in [9.17, 15) is 0 Å². The molecule has 320 valence electrons. The van der Waals surface area contributed by atoms with Crippen LogP contribution < -0.4 is 25.5 Å². The molecule has 0 fully saturated rings. The summed E-state index contributed by atoms with van der Waals surface area (Å²) in [5.74, 6) is 1.88. The number of nitrogens with zero attached hydrogens (tertiary/aromatic N) is 2. The zero-order valence-corrected chi connectivity index (χ0v) is 40.3. The monoisotopic (exact) mass is 878 g/mol. The molecule has 5 heteroatoms. The minimum Gasteiger partial charge on any atom is -0.456 e. The van der Waals surface area contributed by atoms with E-state index < -0.39 is 8.07 Å². The van der Waals surface area contributed by atoms with Crippen molar-refractivity contribution in [3.63, 3.8) is 0 Å². The van der Waals surface area contributed by atoms with E-state index in [4.69, 9.17) is 9.72 Å². The second-order valence-corrected chi connectivity index (χ2v) is 25.2. The van der Waals surface area contributed by atoms with Gasteiger partial charge in [0.05, 0.1) is 21.3 Å². The second-order valence-electron chi connectivity index (χ2n) is 20.4. The molecular formula is C60H54N2OSSi. The number of benzene rings is 8. The standard InChI is InChI=1S/C60H54N2OSSi/c1-58(2,3)47-35-33-41(37-45(47)43-25-19-28-50-55(43)63-54-32-18-15-27-49(54)60(50,7)8)65(39-21-11-9-12-22-39,40-23-13-10-14-24-40)42-34-36-48(59(4,5)6)46(38-42)44-26-20-31-53-56(44)64-57-61-51-29-16-17-30-52(51)62(53)57/h9-38H,1-8H3. The molecule has 0 bridgehead atoms. The molecule has 0 saturated carbocycles. The van der Waals surface area contributed by atoms with E-state index in [0.29, 0.717) is 0 Å². The minimum absolute atomic E-state index is 0.121. The summed E-state index contributed by atoms with van der Waals surface area (Å²) in [5.41, 5.74) is 12.8. The van der Waals surface area contributed by atoms with Gasteiger partial charge in [0.25, 0.3) is 0 Å². The molecule has 0 atom stereocenters. The van der Waals surface area contributed by atoms with Crippen molar-refractivity contribution in [2.24, 2.45) is 0 Å². The number of aromatic nitrogens is 2. The van der Waals surface area contributed by atoms with Gasteiger partial charge in [-0.3, -0.25) is 4.40 Å². The van der Waals surface area contributed by atoms with Gasteiger partial charge in [0, 0.05) is 27.7 Å². The van der Waals surface area contributed by atoms with Crippen LogP contribution in [0.1, 0.15) is 77.6 Å². The molecule has 8 aromatic carbocycles. The highest BCUT2D eigenvalue weighted by atomic mass is 32.1. The number of rotatable bonds is 6. The van der Waals surface area contributed by atoms with E-state index >= 15 is 0 Å². The SMILES string of the molecule is CC(C)(C)c1ccc([Si](c2ccccc2)(c2ccccc2)c2ccc(C(C)(C)C)c(-c3cccc4c3sc3nc5ccccc5n34)c2)cc1-c1cccc2c1Oc1ccccc1C2(C)C. The predicted octanol–water partition coefficient (Wildman–Crippen LogP) is 13.4. The number of imidazole rings is 1. The number of thiazole rings is 1. The summed E-state index contributed by atoms with van der Waals surface area (Å²) in [6.07, 6.45) is 0. The van der Waals surface area contributed by atoms with Crippen LogP contribution in [-0.4, -0.2) is 17.5 Å². The lowest BCUT2D eigenvalue weighted by molar-refractivity contribution is 0.419. The zero-order valence-electron chi connectivity index (χ0n) is 38.5. The van der Waals surface area contributed by atoms with E-state index in [1.54, 1.807) is 11.3 Å². The first kappa shape index (κ1) is 41.2. The van der Waals surface area contributed by atoms with Crippen molar-refractivity contribution in [3.8, 4) is 33.8 Å². The average molecular weight is 879 g/mol. The van der Waals surface area contributed by atoms with Crippen molar-refractivity contribution >= 4 is 66.4 Å². The maximum atomic E-state index is 7.04. The molecular weight excluding hydrogens is 825 g/mol. The van der Waals surface area contributed by atoms with Crippen LogP contribution in [0, 0.1) is 0 Å². The van der Waals surface area contributed by atoms with Gasteiger partial charge >= 0.3 is 0 Å². The molecule has 0 aliphatic carbocycles. The van der Waals surface area contributed by atoms with Gasteiger partial charge < -0.3 is 4.74 Å². The predicted molar refractivity (Wildman–Crippen MR) is 279 cm³/mol. The van der Waals surface area contributed by atoms with Crippen molar-refractivity contribution < 1.29 is 4.74 Å². The van der Waals surface area contributed by atoms with Crippen molar-refractivity contribution in [1.82, 2.24) is 9.38 Å². The van der Waals surface area contributed by atoms with Gasteiger partial charge in [-0.05, 0) is 78.1 Å². The Labute approximate surface area is 388 Å². The van der Waals surface area contributed by atoms with Crippen LogP contribution >= 0.6 is 11.3 Å². The maximum absolute atomic E-state index is 7.04. The van der Waals surface area contributed by atoms with Crippen LogP contribution in [0.2, 0.25) is 0 Å². The molecule has 65 heavy (non-hydrogen) atoms. The molecule has 1 aliphatic heterocycles. The van der Waals surface area contributed by atoms with Crippen LogP contribution in [0.5, 0.6) is 11.5 Å². The number of ether oxygens (including phenoxy) is 1. The maximum Gasteiger partial charge on any atom is 0.195 e. The highest BCUT2D eigenvalue weighted by Gasteiger charge is 2.44. The highest BCUT2D eigenvalue weighted by molar-refractivity contribution is 7.24. The molecule has 0 saturated heterocycles. The third kappa shape index (κ3) is 6.46. The molecule has 0 unspecified atom stereocenters. The van der Waals surface area contributed by atoms with Gasteiger partial charge in [-0.1, -0.05) is 224 Å². The van der Waals surface area contributed by atoms with Crippen LogP contribution in [-0.2, 0) is 16.2 Å². The molecule has 0 N–H and O–H groups in total. The van der Waals surface area contributed by atoms with E-state index in [-0.39, 0.29) is 16.2 Å². The normalized spacial score (nSPS) is 13.8. The fraction of sp³-hybridized carbons (Fsp3) is 0.183. The first-order valence-electron chi connectivity index (χ1n) is 22.9. The summed E-state index contributed by atoms with van der Waals surface area (Å²) < 4.78 is 10.6. The Morgan fingerprint density at radius 3 is 1.66 bits per heavy atom. The van der Waals surface area contributed by atoms with Crippen molar-refractivity contribution in [2.75, 3.05) is 0 Å². The molecule has 0 spiro atoms. The van der Waals surface area contributed by atoms with Crippen molar-refractivity contribution in [1.29, 1.82) is 0 Å². The molecule has 3 nitrogen and oxygen atoms in total. The van der Waals surface area contributed by atoms with Gasteiger partial charge in [0.1, 0.15) is 11.5 Å². The molecule has 2 aromatic heterocycles. The highest BCUT2D eigenvalue weighted by Crippen LogP contribution is 2.52. The first-order chi connectivity index (χ1) is 31.3. The Hall–Kier alpha value is -6.53. The summed E-state index contributed by atoms with van der Waals surface area (Å²) >= 11 is 1.79. The topological polar surface area (TPSA) is 26.5 Å². The lowest BCUT2D eigenvalue weighted by Gasteiger charge is -2.38. The molecule has 3 heterocycles. The van der Waals surface area contributed by atoms with Crippen molar-refractivity contribution in [3.05, 3.63) is 204 Å². The second kappa shape index (κ2) is 15.0. The Morgan fingerprint density at radius 2 is 1.02 bits per heavy atom. The first-order valence-corrected chi connectivity index (χ1v) is 25.7. The van der Waals surface area contributed by atoms with Crippen LogP contribution in [0.15, 0.2) is 182 Å². The van der Waals surface area contributed by atoms with Gasteiger partial charge in [0.2, 0.25) is 0 Å². The summed E-state index contributed by atoms with van der Waals surface area (Å²) in [6.45, 7) is 18.7. The van der Waals surface area contributed by atoms with Gasteiger partial charge in [-0.25, -0.2) is 4.98 Å². The third-order valence-corrected chi connectivity index (χ3v) is 19.8.